The number of hydrogen-bond acceptors (Lipinski definition) is 1. The first-order chi connectivity index (χ1) is 9.02. The van der Waals surface area contributed by atoms with Crippen LogP contribution in [0, 0.1) is 20.8 Å². The lowest BCUT2D eigenvalue weighted by Crippen LogP contribution is -2.35. The molecule has 0 aliphatic carbocycles. The van der Waals surface area contributed by atoms with Crippen molar-refractivity contribution in [3.05, 3.63) is 35.0 Å². The number of benzene rings is 1. The number of nitrogens with zero attached hydrogens (tertiary/aromatic N) is 3. The first kappa shape index (κ1) is 13.8. The maximum absolute atomic E-state index is 4.56. The fourth-order valence-electron chi connectivity index (χ4n) is 2.71. The Kier molecular flexibility index (Phi) is 4.03. The van der Waals surface area contributed by atoms with Gasteiger partial charge in [0.1, 0.15) is 13.6 Å². The van der Waals surface area contributed by atoms with Crippen LogP contribution in [0.3, 0.4) is 0 Å². The van der Waals surface area contributed by atoms with Gasteiger partial charge in [-0.05, 0) is 38.3 Å². The van der Waals surface area contributed by atoms with Crippen LogP contribution in [0.2, 0.25) is 0 Å². The Morgan fingerprint density at radius 3 is 2.37 bits per heavy atom. The molecule has 2 aromatic rings. The Bertz CT molecular complexity index is 559. The molecular weight excluding hydrogens is 234 g/mol. The van der Waals surface area contributed by atoms with E-state index in [1.54, 1.807) is 0 Å². The smallest absolute Gasteiger partial charge is 0.137 e. The molecule has 0 bridgehead atoms. The molecule has 0 atom stereocenters. The van der Waals surface area contributed by atoms with Crippen LogP contribution in [-0.2, 0) is 13.6 Å². The van der Waals surface area contributed by atoms with Gasteiger partial charge in [-0.15, -0.1) is 9.36 Å². The lowest BCUT2D eigenvalue weighted by Gasteiger charge is -2.07. The molecule has 1 aromatic carbocycles. The highest BCUT2D eigenvalue weighted by Crippen LogP contribution is 2.26. The normalized spacial score (nSPS) is 11.0. The molecule has 0 fully saturated rings. The third-order valence-electron chi connectivity index (χ3n) is 3.54. The average molecular weight is 258 g/mol. The van der Waals surface area contributed by atoms with Crippen LogP contribution in [0.25, 0.3) is 11.3 Å². The van der Waals surface area contributed by atoms with Crippen molar-refractivity contribution in [2.75, 3.05) is 0 Å². The zero-order valence-electron chi connectivity index (χ0n) is 12.7. The lowest BCUT2D eigenvalue weighted by atomic mass is 9.98. The van der Waals surface area contributed by atoms with Crippen LogP contribution in [-0.4, -0.2) is 9.90 Å². The van der Waals surface area contributed by atoms with Gasteiger partial charge in [0.25, 0.3) is 0 Å². The number of aromatic nitrogens is 3. The van der Waals surface area contributed by atoms with Crippen LogP contribution in [0.5, 0.6) is 0 Å². The first-order valence-electron chi connectivity index (χ1n) is 7.05. The average Bonchev–Trinajstić information content (AvgIpc) is 2.67. The molecule has 0 radical (unpaired) electrons. The Hall–Kier alpha value is -1.64. The topological polar surface area (TPSA) is 21.7 Å². The molecule has 3 heteroatoms. The van der Waals surface area contributed by atoms with Crippen LogP contribution >= 0.6 is 0 Å². The maximum atomic E-state index is 4.56. The predicted octanol–water partition coefficient (Wildman–Crippen LogP) is 3.10. The van der Waals surface area contributed by atoms with Crippen molar-refractivity contribution in [2.24, 2.45) is 7.05 Å². The summed E-state index contributed by atoms with van der Waals surface area (Å²) in [6.07, 6.45) is 4.54. The van der Waals surface area contributed by atoms with Crippen LogP contribution in [0.4, 0.5) is 0 Å². The van der Waals surface area contributed by atoms with Crippen molar-refractivity contribution in [2.45, 2.75) is 47.1 Å². The summed E-state index contributed by atoms with van der Waals surface area (Å²) in [5.74, 6) is 0. The van der Waals surface area contributed by atoms with Gasteiger partial charge in [-0.3, -0.25) is 0 Å². The highest BCUT2D eigenvalue weighted by Gasteiger charge is 2.18. The van der Waals surface area contributed by atoms with Crippen molar-refractivity contribution in [3.63, 3.8) is 0 Å². The second-order valence-electron chi connectivity index (χ2n) is 5.42. The quantitative estimate of drug-likeness (QED) is 0.772. The second kappa shape index (κ2) is 5.55. The van der Waals surface area contributed by atoms with Gasteiger partial charge in [0.2, 0.25) is 0 Å². The summed E-state index contributed by atoms with van der Waals surface area (Å²) in [4.78, 5) is 0. The molecule has 2 rings (SSSR count). The SMILES string of the molecule is CCCC[n+]1cc(-c2c(C)cc(C)cc2C)n(C)n1. The maximum Gasteiger partial charge on any atom is 0.197 e. The molecule has 3 nitrogen and oxygen atoms in total. The number of hydrogen-bond donors (Lipinski definition) is 0. The molecule has 0 saturated heterocycles. The lowest BCUT2D eigenvalue weighted by molar-refractivity contribution is -0.755. The first-order valence-corrected chi connectivity index (χ1v) is 7.05. The molecule has 0 aliphatic rings. The predicted molar refractivity (Wildman–Crippen MR) is 78.0 cm³/mol. The summed E-state index contributed by atoms with van der Waals surface area (Å²) < 4.78 is 4.04. The third kappa shape index (κ3) is 2.86. The molecule has 0 spiro atoms. The number of aryl methyl sites for hydroxylation is 5. The van der Waals surface area contributed by atoms with E-state index in [0.29, 0.717) is 0 Å². The molecule has 1 aromatic heterocycles. The molecule has 0 amide bonds. The highest BCUT2D eigenvalue weighted by atomic mass is 15.5. The zero-order valence-corrected chi connectivity index (χ0v) is 12.7. The van der Waals surface area contributed by atoms with Gasteiger partial charge in [-0.25, -0.2) is 0 Å². The second-order valence-corrected chi connectivity index (χ2v) is 5.42. The minimum Gasteiger partial charge on any atom is -0.137 e. The van der Waals surface area contributed by atoms with Crippen LogP contribution in [0.15, 0.2) is 18.3 Å². The van der Waals surface area contributed by atoms with Gasteiger partial charge in [-0.1, -0.05) is 31.0 Å². The highest BCUT2D eigenvalue weighted by molar-refractivity contribution is 5.67. The summed E-state index contributed by atoms with van der Waals surface area (Å²) in [5.41, 5.74) is 6.48. The van der Waals surface area contributed by atoms with Crippen LogP contribution in [0.1, 0.15) is 36.5 Å². The van der Waals surface area contributed by atoms with Gasteiger partial charge in [0.15, 0.2) is 11.9 Å². The van der Waals surface area contributed by atoms with Gasteiger partial charge < -0.3 is 0 Å². The molecule has 19 heavy (non-hydrogen) atoms. The third-order valence-corrected chi connectivity index (χ3v) is 3.54. The monoisotopic (exact) mass is 258 g/mol. The van der Waals surface area contributed by atoms with E-state index in [0.717, 1.165) is 6.54 Å². The standard InChI is InChI=1S/C16H24N3/c1-6-7-8-19-11-15(18(5)17-19)16-13(3)9-12(2)10-14(16)4/h9-11H,6-8H2,1-5H3/q+1. The molecule has 0 unspecified atom stereocenters. The molecule has 0 saturated carbocycles. The molecular formula is C16H24N3+. The van der Waals surface area contributed by atoms with Gasteiger partial charge in [0, 0.05) is 5.56 Å². The summed E-state index contributed by atoms with van der Waals surface area (Å²) in [6.45, 7) is 9.71. The van der Waals surface area contributed by atoms with E-state index in [1.165, 1.54) is 40.8 Å². The van der Waals surface area contributed by atoms with Crippen molar-refractivity contribution >= 4 is 0 Å². The fraction of sp³-hybridized carbons (Fsp3) is 0.500. The Balaban J connectivity index is 2.44. The van der Waals surface area contributed by atoms with E-state index in [-0.39, 0.29) is 0 Å². The van der Waals surface area contributed by atoms with E-state index in [4.69, 9.17) is 0 Å². The van der Waals surface area contributed by atoms with E-state index < -0.39 is 0 Å². The van der Waals surface area contributed by atoms with E-state index >= 15 is 0 Å². The minimum absolute atomic E-state index is 0.994. The Morgan fingerprint density at radius 2 is 1.79 bits per heavy atom. The van der Waals surface area contributed by atoms with Gasteiger partial charge in [0.05, 0.1) is 5.21 Å². The molecule has 0 N–H and O–H groups in total. The molecule has 102 valence electrons. The summed E-state index contributed by atoms with van der Waals surface area (Å²) in [6, 6.07) is 4.48. The zero-order chi connectivity index (χ0) is 14.0. The van der Waals surface area contributed by atoms with Gasteiger partial charge >= 0.3 is 0 Å². The van der Waals surface area contributed by atoms with Crippen molar-refractivity contribution in [3.8, 4) is 11.3 Å². The minimum atomic E-state index is 0.994. The number of unbranched alkanes of at least 4 members (excludes halogenated alkanes) is 1. The van der Waals surface area contributed by atoms with Crippen molar-refractivity contribution in [1.82, 2.24) is 9.90 Å². The van der Waals surface area contributed by atoms with E-state index in [9.17, 15) is 0 Å². The van der Waals surface area contributed by atoms with Gasteiger partial charge in [-0.2, -0.15) is 0 Å². The molecule has 0 aliphatic heterocycles. The summed E-state index contributed by atoms with van der Waals surface area (Å²) >= 11 is 0. The largest absolute Gasteiger partial charge is 0.197 e. The molecule has 1 heterocycles. The van der Waals surface area contributed by atoms with E-state index in [2.05, 4.69) is 55.9 Å². The summed E-state index contributed by atoms with van der Waals surface area (Å²) in [7, 11) is 2.02. The van der Waals surface area contributed by atoms with Crippen LogP contribution < -0.4 is 4.68 Å². The van der Waals surface area contributed by atoms with Crippen molar-refractivity contribution in [1.29, 1.82) is 0 Å². The van der Waals surface area contributed by atoms with Crippen molar-refractivity contribution < 1.29 is 4.68 Å². The fourth-order valence-corrected chi connectivity index (χ4v) is 2.71. The summed E-state index contributed by atoms with van der Waals surface area (Å²) in [5, 5.41) is 4.56. The Morgan fingerprint density at radius 1 is 1.16 bits per heavy atom. The Labute approximate surface area is 115 Å². The number of rotatable bonds is 4. The van der Waals surface area contributed by atoms with E-state index in [1.807, 2.05) is 11.7 Å².